The SMILES string of the molecule is COc1ccc(Br)c(C(=O)NC2(CCl)CCCCC2)c1. The van der Waals surface area contributed by atoms with Gasteiger partial charge in [-0.2, -0.15) is 0 Å². The van der Waals surface area contributed by atoms with Crippen LogP contribution in [0.15, 0.2) is 22.7 Å². The van der Waals surface area contributed by atoms with E-state index in [1.54, 1.807) is 13.2 Å². The molecule has 20 heavy (non-hydrogen) atoms. The number of carbonyl (C=O) groups is 1. The number of alkyl halides is 1. The molecule has 1 aromatic carbocycles. The molecule has 0 saturated heterocycles. The van der Waals surface area contributed by atoms with E-state index >= 15 is 0 Å². The minimum Gasteiger partial charge on any atom is -0.497 e. The van der Waals surface area contributed by atoms with E-state index in [1.165, 1.54) is 6.42 Å². The molecule has 0 aliphatic heterocycles. The van der Waals surface area contributed by atoms with Crippen LogP contribution in [0.4, 0.5) is 0 Å². The number of ether oxygens (including phenoxy) is 1. The van der Waals surface area contributed by atoms with Crippen LogP contribution in [0.3, 0.4) is 0 Å². The fourth-order valence-corrected chi connectivity index (χ4v) is 3.39. The van der Waals surface area contributed by atoms with Crippen molar-refractivity contribution >= 4 is 33.4 Å². The highest BCUT2D eigenvalue weighted by Crippen LogP contribution is 2.30. The molecule has 2 rings (SSSR count). The van der Waals surface area contributed by atoms with Crippen LogP contribution in [0.2, 0.25) is 0 Å². The first-order chi connectivity index (χ1) is 9.60. The van der Waals surface area contributed by atoms with E-state index in [0.717, 1.165) is 30.2 Å². The fourth-order valence-electron chi connectivity index (χ4n) is 2.63. The molecule has 1 saturated carbocycles. The van der Waals surface area contributed by atoms with Crippen molar-refractivity contribution in [3.63, 3.8) is 0 Å². The summed E-state index contributed by atoms with van der Waals surface area (Å²) in [6.45, 7) is 0. The van der Waals surface area contributed by atoms with E-state index in [0.29, 0.717) is 17.2 Å². The number of nitrogens with one attached hydrogen (secondary N) is 1. The minimum absolute atomic E-state index is 0.0988. The molecule has 0 bridgehead atoms. The van der Waals surface area contributed by atoms with E-state index in [2.05, 4.69) is 21.2 Å². The lowest BCUT2D eigenvalue weighted by Gasteiger charge is -2.36. The van der Waals surface area contributed by atoms with Gasteiger partial charge in [-0.25, -0.2) is 0 Å². The Bertz CT molecular complexity index is 487. The Kier molecular flexibility index (Phi) is 5.33. The molecule has 3 nitrogen and oxygen atoms in total. The van der Waals surface area contributed by atoms with Gasteiger partial charge in [-0.15, -0.1) is 11.6 Å². The third kappa shape index (κ3) is 3.47. The third-order valence-corrected chi connectivity index (χ3v) is 5.07. The minimum atomic E-state index is -0.264. The van der Waals surface area contributed by atoms with Crippen LogP contribution in [0.25, 0.3) is 0 Å². The molecular formula is C15H19BrClNO2. The molecule has 0 aromatic heterocycles. The lowest BCUT2D eigenvalue weighted by atomic mass is 9.83. The summed E-state index contributed by atoms with van der Waals surface area (Å²) in [7, 11) is 1.59. The van der Waals surface area contributed by atoms with Crippen molar-refractivity contribution in [2.45, 2.75) is 37.6 Å². The summed E-state index contributed by atoms with van der Waals surface area (Å²) in [5.74, 6) is 1.03. The maximum absolute atomic E-state index is 12.5. The van der Waals surface area contributed by atoms with Gasteiger partial charge in [0.1, 0.15) is 5.75 Å². The molecule has 1 fully saturated rings. The zero-order valence-electron chi connectivity index (χ0n) is 11.5. The maximum Gasteiger partial charge on any atom is 0.253 e. The molecule has 1 aromatic rings. The fraction of sp³-hybridized carbons (Fsp3) is 0.533. The summed E-state index contributed by atoms with van der Waals surface area (Å²) < 4.78 is 5.94. The van der Waals surface area contributed by atoms with Crippen molar-refractivity contribution in [1.29, 1.82) is 0 Å². The number of benzene rings is 1. The lowest BCUT2D eigenvalue weighted by molar-refractivity contribution is 0.0883. The standard InChI is InChI=1S/C15H19BrClNO2/c1-20-11-5-6-13(16)12(9-11)14(19)18-15(10-17)7-3-2-4-8-15/h5-6,9H,2-4,7-8,10H2,1H3,(H,18,19). The highest BCUT2D eigenvalue weighted by Gasteiger charge is 2.33. The number of methoxy groups -OCH3 is 1. The Morgan fingerprint density at radius 1 is 1.40 bits per heavy atom. The van der Waals surface area contributed by atoms with Gasteiger partial charge in [0, 0.05) is 10.4 Å². The molecule has 0 unspecified atom stereocenters. The predicted octanol–water partition coefficient (Wildman–Crippen LogP) is 4.13. The van der Waals surface area contributed by atoms with Gasteiger partial charge in [0.05, 0.1) is 18.2 Å². The zero-order chi connectivity index (χ0) is 14.6. The van der Waals surface area contributed by atoms with Crippen molar-refractivity contribution in [2.75, 3.05) is 13.0 Å². The lowest BCUT2D eigenvalue weighted by Crippen LogP contribution is -2.51. The Balaban J connectivity index is 2.18. The number of rotatable bonds is 4. The van der Waals surface area contributed by atoms with Crippen LogP contribution >= 0.6 is 27.5 Å². The molecule has 0 heterocycles. The second kappa shape index (κ2) is 6.81. The number of hydrogen-bond acceptors (Lipinski definition) is 2. The Labute approximate surface area is 133 Å². The topological polar surface area (TPSA) is 38.3 Å². The number of hydrogen-bond donors (Lipinski definition) is 1. The van der Waals surface area contributed by atoms with Gasteiger partial charge >= 0.3 is 0 Å². The molecule has 1 amide bonds. The van der Waals surface area contributed by atoms with Gasteiger partial charge in [0.25, 0.3) is 5.91 Å². The maximum atomic E-state index is 12.5. The molecule has 0 atom stereocenters. The van der Waals surface area contributed by atoms with Gasteiger partial charge in [-0.1, -0.05) is 19.3 Å². The van der Waals surface area contributed by atoms with Crippen LogP contribution < -0.4 is 10.1 Å². The van der Waals surface area contributed by atoms with Crippen LogP contribution in [0.1, 0.15) is 42.5 Å². The van der Waals surface area contributed by atoms with Gasteiger partial charge in [0.15, 0.2) is 0 Å². The summed E-state index contributed by atoms with van der Waals surface area (Å²) in [6, 6.07) is 5.38. The summed E-state index contributed by atoms with van der Waals surface area (Å²) in [6.07, 6.45) is 5.35. The predicted molar refractivity (Wildman–Crippen MR) is 84.7 cm³/mol. The first-order valence-corrected chi connectivity index (χ1v) is 8.15. The second-order valence-electron chi connectivity index (χ2n) is 5.27. The molecule has 0 spiro atoms. The monoisotopic (exact) mass is 359 g/mol. The van der Waals surface area contributed by atoms with Crippen LogP contribution in [-0.4, -0.2) is 24.4 Å². The van der Waals surface area contributed by atoms with E-state index in [1.807, 2.05) is 12.1 Å². The average Bonchev–Trinajstić information content (AvgIpc) is 2.48. The summed E-state index contributed by atoms with van der Waals surface area (Å²) in [4.78, 5) is 12.5. The van der Waals surface area contributed by atoms with Crippen LogP contribution in [0, 0.1) is 0 Å². The molecule has 0 radical (unpaired) electrons. The number of amides is 1. The molecule has 110 valence electrons. The summed E-state index contributed by atoms with van der Waals surface area (Å²) in [5.41, 5.74) is 0.318. The summed E-state index contributed by atoms with van der Waals surface area (Å²) >= 11 is 9.53. The first kappa shape index (κ1) is 15.6. The molecule has 1 N–H and O–H groups in total. The Hall–Kier alpha value is -0.740. The second-order valence-corrected chi connectivity index (χ2v) is 6.40. The molecule has 1 aliphatic rings. The van der Waals surface area contributed by atoms with Crippen molar-refractivity contribution < 1.29 is 9.53 Å². The summed E-state index contributed by atoms with van der Waals surface area (Å²) in [5, 5.41) is 3.13. The first-order valence-electron chi connectivity index (χ1n) is 6.82. The van der Waals surface area contributed by atoms with E-state index < -0.39 is 0 Å². The van der Waals surface area contributed by atoms with Gasteiger partial charge in [-0.05, 0) is 47.0 Å². The zero-order valence-corrected chi connectivity index (χ0v) is 13.9. The third-order valence-electron chi connectivity index (χ3n) is 3.86. The Morgan fingerprint density at radius 2 is 2.10 bits per heavy atom. The van der Waals surface area contributed by atoms with Crippen molar-refractivity contribution in [1.82, 2.24) is 5.32 Å². The molecule has 5 heteroatoms. The van der Waals surface area contributed by atoms with Gasteiger partial charge in [0.2, 0.25) is 0 Å². The highest BCUT2D eigenvalue weighted by atomic mass is 79.9. The smallest absolute Gasteiger partial charge is 0.253 e. The Morgan fingerprint density at radius 3 is 2.70 bits per heavy atom. The normalized spacial score (nSPS) is 17.6. The van der Waals surface area contributed by atoms with E-state index in [-0.39, 0.29) is 11.4 Å². The molecule has 1 aliphatic carbocycles. The largest absolute Gasteiger partial charge is 0.497 e. The van der Waals surface area contributed by atoms with Crippen LogP contribution in [-0.2, 0) is 0 Å². The van der Waals surface area contributed by atoms with Gasteiger partial charge < -0.3 is 10.1 Å². The molecular weight excluding hydrogens is 342 g/mol. The number of carbonyl (C=O) groups excluding carboxylic acids is 1. The van der Waals surface area contributed by atoms with Gasteiger partial charge in [-0.3, -0.25) is 4.79 Å². The highest BCUT2D eigenvalue weighted by molar-refractivity contribution is 9.10. The quantitative estimate of drug-likeness (QED) is 0.820. The van der Waals surface area contributed by atoms with Crippen molar-refractivity contribution in [3.05, 3.63) is 28.2 Å². The van der Waals surface area contributed by atoms with Crippen molar-refractivity contribution in [3.8, 4) is 5.75 Å². The average molecular weight is 361 g/mol. The number of halogens is 2. The van der Waals surface area contributed by atoms with Crippen molar-refractivity contribution in [2.24, 2.45) is 0 Å². The van der Waals surface area contributed by atoms with Crippen LogP contribution in [0.5, 0.6) is 5.75 Å². The van der Waals surface area contributed by atoms with E-state index in [9.17, 15) is 4.79 Å². The van der Waals surface area contributed by atoms with E-state index in [4.69, 9.17) is 16.3 Å².